The molecule has 0 amide bonds. The van der Waals surface area contributed by atoms with Crippen molar-refractivity contribution in [3.63, 3.8) is 0 Å². The van der Waals surface area contributed by atoms with Crippen molar-refractivity contribution < 1.29 is 0 Å². The molecule has 0 heteroatoms. The van der Waals surface area contributed by atoms with Gasteiger partial charge in [0.2, 0.25) is 0 Å². The van der Waals surface area contributed by atoms with Gasteiger partial charge in [-0.15, -0.1) is 0 Å². The van der Waals surface area contributed by atoms with Gasteiger partial charge in [0.15, 0.2) is 0 Å². The van der Waals surface area contributed by atoms with Gasteiger partial charge in [-0.25, -0.2) is 0 Å². The van der Waals surface area contributed by atoms with Crippen molar-refractivity contribution in [1.82, 2.24) is 0 Å². The van der Waals surface area contributed by atoms with Gasteiger partial charge >= 0.3 is 0 Å². The molecule has 5 rings (SSSR count). The predicted molar refractivity (Wildman–Crippen MR) is 115 cm³/mol. The van der Waals surface area contributed by atoms with Crippen LogP contribution in [0.1, 0.15) is 105 Å². The smallest absolute Gasteiger partial charge is 0.0264 e. The second kappa shape index (κ2) is 6.50. The maximum atomic E-state index is 2.79. The third-order valence-corrected chi connectivity index (χ3v) is 11.6. The van der Waals surface area contributed by atoms with Crippen LogP contribution >= 0.6 is 0 Å². The molecule has 0 unspecified atom stereocenters. The molecule has 0 bridgehead atoms. The molecule has 0 radical (unpaired) electrons. The molecule has 0 spiro atoms. The molecule has 0 heterocycles. The molecule has 5 fully saturated rings. The van der Waals surface area contributed by atoms with Crippen molar-refractivity contribution in [3.05, 3.63) is 0 Å². The van der Waals surface area contributed by atoms with Crippen LogP contribution < -0.4 is 0 Å². The molecule has 0 N–H and O–H groups in total. The van der Waals surface area contributed by atoms with Crippen LogP contribution in [0.15, 0.2) is 0 Å². The van der Waals surface area contributed by atoms with Gasteiger partial charge in [-0.05, 0) is 128 Å². The molecular weight excluding hydrogens is 324 g/mol. The topological polar surface area (TPSA) is 0 Å². The molecule has 0 saturated heterocycles. The molecule has 0 aromatic rings. The Morgan fingerprint density at radius 2 is 1.19 bits per heavy atom. The largest absolute Gasteiger partial charge is 0.0625 e. The van der Waals surface area contributed by atoms with Gasteiger partial charge in [-0.2, -0.15) is 0 Å². The molecule has 9 atom stereocenters. The average molecular weight is 371 g/mol. The first-order valence-corrected chi connectivity index (χ1v) is 12.8. The van der Waals surface area contributed by atoms with Gasteiger partial charge in [-0.1, -0.05) is 41.0 Å². The minimum atomic E-state index is 0.624. The Balaban J connectivity index is 1.40. The Morgan fingerprint density at radius 3 is 1.93 bits per heavy atom. The van der Waals surface area contributed by atoms with E-state index in [0.29, 0.717) is 10.8 Å². The lowest BCUT2D eigenvalue weighted by molar-refractivity contribution is -0.143. The zero-order chi connectivity index (χ0) is 19.0. The van der Waals surface area contributed by atoms with Gasteiger partial charge in [0.25, 0.3) is 0 Å². The minimum Gasteiger partial charge on any atom is -0.0625 e. The van der Waals surface area contributed by atoms with Crippen LogP contribution in [0.5, 0.6) is 0 Å². The fourth-order valence-corrected chi connectivity index (χ4v) is 10.4. The van der Waals surface area contributed by atoms with E-state index >= 15 is 0 Å². The molecular formula is C27H46. The van der Waals surface area contributed by atoms with E-state index < -0.39 is 0 Å². The maximum Gasteiger partial charge on any atom is -0.0264 e. The van der Waals surface area contributed by atoms with Crippen molar-refractivity contribution in [2.24, 2.45) is 64.1 Å². The standard InChI is InChI=1S/C27H46/c1-17(2)18-8-9-21-19(18)14-16-27(5)24(21)11-10-22-20-7-6-15-26(3,4)23(20)12-13-25(22)27/h17-25H,6-16H2,1-5H3/t18-,19-,20-,21+,22-,23-,24-,25-,27-/m1/s1. The Hall–Kier alpha value is 0. The summed E-state index contributed by atoms with van der Waals surface area (Å²) in [5.41, 5.74) is 1.32. The molecule has 27 heavy (non-hydrogen) atoms. The third-order valence-electron chi connectivity index (χ3n) is 11.6. The van der Waals surface area contributed by atoms with Crippen molar-refractivity contribution in [1.29, 1.82) is 0 Å². The second-order valence-corrected chi connectivity index (χ2v) is 13.0. The lowest BCUT2D eigenvalue weighted by Crippen LogP contribution is -2.56. The van der Waals surface area contributed by atoms with Crippen LogP contribution in [0.4, 0.5) is 0 Å². The Kier molecular flexibility index (Phi) is 4.57. The molecule has 5 saturated carbocycles. The lowest BCUT2D eigenvalue weighted by atomic mass is 9.42. The highest BCUT2D eigenvalue weighted by atomic mass is 14.6. The summed E-state index contributed by atoms with van der Waals surface area (Å²) in [7, 11) is 0. The molecule has 0 aromatic heterocycles. The predicted octanol–water partition coefficient (Wildman–Crippen LogP) is 7.96. The fourth-order valence-electron chi connectivity index (χ4n) is 10.4. The van der Waals surface area contributed by atoms with Gasteiger partial charge in [0, 0.05) is 0 Å². The first kappa shape index (κ1) is 19.0. The van der Waals surface area contributed by atoms with E-state index in [-0.39, 0.29) is 0 Å². The summed E-state index contributed by atoms with van der Waals surface area (Å²) in [6, 6.07) is 0. The van der Waals surface area contributed by atoms with E-state index in [1.54, 1.807) is 57.8 Å². The molecule has 0 aliphatic heterocycles. The Bertz CT molecular complexity index is 558. The maximum absolute atomic E-state index is 2.79. The van der Waals surface area contributed by atoms with E-state index in [0.717, 1.165) is 53.3 Å². The minimum absolute atomic E-state index is 0.624. The lowest BCUT2D eigenvalue weighted by Gasteiger charge is -2.63. The summed E-state index contributed by atoms with van der Waals surface area (Å²) < 4.78 is 0. The van der Waals surface area contributed by atoms with Crippen LogP contribution in [0.2, 0.25) is 0 Å². The van der Waals surface area contributed by atoms with Crippen molar-refractivity contribution in [3.8, 4) is 0 Å². The first-order valence-electron chi connectivity index (χ1n) is 12.8. The van der Waals surface area contributed by atoms with Gasteiger partial charge < -0.3 is 0 Å². The van der Waals surface area contributed by atoms with Gasteiger partial charge in [0.05, 0.1) is 0 Å². The van der Waals surface area contributed by atoms with Crippen molar-refractivity contribution >= 4 is 0 Å². The quantitative estimate of drug-likeness (QED) is 0.439. The highest BCUT2D eigenvalue weighted by Gasteiger charge is 2.60. The Labute approximate surface area is 169 Å². The zero-order valence-corrected chi connectivity index (χ0v) is 19.0. The van der Waals surface area contributed by atoms with Gasteiger partial charge in [0.1, 0.15) is 0 Å². The second-order valence-electron chi connectivity index (χ2n) is 13.0. The summed E-state index contributed by atoms with van der Waals surface area (Å²) in [4.78, 5) is 0. The van der Waals surface area contributed by atoms with Crippen LogP contribution in [0.3, 0.4) is 0 Å². The highest BCUT2D eigenvalue weighted by Crippen LogP contribution is 2.68. The SMILES string of the molecule is CC(C)[C@H]1CC[C@H]2[C@@H]1CC[C@@]1(C)[C@@H]3CC[C@@H]4[C@H](CCCC4(C)C)[C@H]3CC[C@H]21. The molecule has 5 aliphatic rings. The monoisotopic (exact) mass is 370 g/mol. The van der Waals surface area contributed by atoms with E-state index in [2.05, 4.69) is 34.6 Å². The summed E-state index contributed by atoms with van der Waals surface area (Å²) in [5, 5.41) is 0. The van der Waals surface area contributed by atoms with Crippen LogP contribution in [0.25, 0.3) is 0 Å². The van der Waals surface area contributed by atoms with Gasteiger partial charge in [-0.3, -0.25) is 0 Å². The molecule has 154 valence electrons. The summed E-state index contributed by atoms with van der Waals surface area (Å²) >= 11 is 0. The number of rotatable bonds is 1. The summed E-state index contributed by atoms with van der Waals surface area (Å²) in [5.74, 6) is 9.51. The van der Waals surface area contributed by atoms with Crippen LogP contribution in [-0.2, 0) is 0 Å². The third kappa shape index (κ3) is 2.73. The Morgan fingerprint density at radius 1 is 0.593 bits per heavy atom. The van der Waals surface area contributed by atoms with Crippen molar-refractivity contribution in [2.75, 3.05) is 0 Å². The van der Waals surface area contributed by atoms with E-state index in [1.165, 1.54) is 12.8 Å². The molecule has 5 aliphatic carbocycles. The fraction of sp³-hybridized carbons (Fsp3) is 1.00. The van der Waals surface area contributed by atoms with E-state index in [4.69, 9.17) is 0 Å². The summed E-state index contributed by atoms with van der Waals surface area (Å²) in [6.45, 7) is 13.0. The van der Waals surface area contributed by atoms with Crippen LogP contribution in [-0.4, -0.2) is 0 Å². The number of fused-ring (bicyclic) bond motifs is 7. The number of hydrogen-bond acceptors (Lipinski definition) is 0. The normalized spacial score (nSPS) is 54.0. The van der Waals surface area contributed by atoms with E-state index in [1.807, 2.05) is 0 Å². The molecule has 0 nitrogen and oxygen atoms in total. The molecule has 0 aromatic carbocycles. The zero-order valence-electron chi connectivity index (χ0n) is 19.0. The van der Waals surface area contributed by atoms with E-state index in [9.17, 15) is 0 Å². The average Bonchev–Trinajstić information content (AvgIpc) is 3.05. The highest BCUT2D eigenvalue weighted by molar-refractivity contribution is 5.09. The summed E-state index contributed by atoms with van der Waals surface area (Å²) in [6.07, 6.45) is 17.2. The first-order chi connectivity index (χ1) is 12.8. The van der Waals surface area contributed by atoms with Crippen molar-refractivity contribution in [2.45, 2.75) is 105 Å². The number of hydrogen-bond donors (Lipinski definition) is 0. The van der Waals surface area contributed by atoms with Crippen LogP contribution in [0, 0.1) is 64.1 Å².